The number of likely N-dealkylation sites (tertiary alicyclic amines) is 1. The van der Waals surface area contributed by atoms with Gasteiger partial charge in [-0.3, -0.25) is 14.6 Å². The predicted molar refractivity (Wildman–Crippen MR) is 92.2 cm³/mol. The van der Waals surface area contributed by atoms with E-state index in [0.29, 0.717) is 30.6 Å². The van der Waals surface area contributed by atoms with Crippen LogP contribution in [-0.2, 0) is 4.79 Å². The van der Waals surface area contributed by atoms with Crippen LogP contribution in [0.25, 0.3) is 11.1 Å². The van der Waals surface area contributed by atoms with Crippen molar-refractivity contribution in [1.82, 2.24) is 15.2 Å². The number of anilines is 1. The molecular weight excluding hydrogens is 304 g/mol. The number of benzene rings is 1. The average molecular weight is 324 g/mol. The van der Waals surface area contributed by atoms with Gasteiger partial charge in [0.1, 0.15) is 0 Å². The number of aromatic nitrogens is 1. The minimum absolute atomic E-state index is 0.00570. The molecule has 3 N–H and O–H groups in total. The summed E-state index contributed by atoms with van der Waals surface area (Å²) < 4.78 is 0. The van der Waals surface area contributed by atoms with Crippen LogP contribution >= 0.6 is 0 Å². The lowest BCUT2D eigenvalue weighted by Crippen LogP contribution is -2.48. The molecule has 0 spiro atoms. The van der Waals surface area contributed by atoms with Crippen molar-refractivity contribution in [3.8, 4) is 11.1 Å². The molecule has 0 radical (unpaired) electrons. The van der Waals surface area contributed by atoms with Crippen molar-refractivity contribution < 1.29 is 9.59 Å². The number of nitrogens with zero attached hydrogens (tertiary/aromatic N) is 2. The number of carbonyl (C=O) groups is 2. The Hall–Kier alpha value is -2.89. The van der Waals surface area contributed by atoms with Gasteiger partial charge in [-0.15, -0.1) is 0 Å². The number of amides is 2. The number of nitrogens with two attached hydrogens (primary N) is 1. The molecule has 3 rings (SSSR count). The van der Waals surface area contributed by atoms with Crippen molar-refractivity contribution in [1.29, 1.82) is 0 Å². The van der Waals surface area contributed by atoms with Crippen LogP contribution in [0.15, 0.2) is 42.7 Å². The third-order valence-electron chi connectivity index (χ3n) is 4.27. The van der Waals surface area contributed by atoms with Crippen LogP contribution in [0.4, 0.5) is 5.69 Å². The molecule has 1 fully saturated rings. The Kier molecular flexibility index (Phi) is 4.46. The Bertz CT molecular complexity index is 758. The van der Waals surface area contributed by atoms with Crippen LogP contribution in [-0.4, -0.2) is 41.3 Å². The number of likely N-dealkylation sites (N-methyl/N-ethyl adjacent to an activating group) is 1. The van der Waals surface area contributed by atoms with Crippen molar-refractivity contribution >= 4 is 17.5 Å². The lowest BCUT2D eigenvalue weighted by molar-refractivity contribution is -0.132. The summed E-state index contributed by atoms with van der Waals surface area (Å²) in [7, 11) is 1.76. The lowest BCUT2D eigenvalue weighted by Gasteiger charge is -2.30. The van der Waals surface area contributed by atoms with Gasteiger partial charge in [-0.1, -0.05) is 12.1 Å². The standard InChI is InChI=1S/C18H20N4O2/c1-22-11-14(6-7-17(22)23)21-18(24)13-4-2-12(3-5-13)15-10-20-9-8-16(15)19/h2-5,8-10,14H,6-7,11H2,1H3,(H2,19,20)(H,21,24)/t14-/m1/s1. The van der Waals surface area contributed by atoms with Gasteiger partial charge in [0, 0.05) is 55.3 Å². The fourth-order valence-corrected chi connectivity index (χ4v) is 2.85. The van der Waals surface area contributed by atoms with Crippen molar-refractivity contribution in [2.75, 3.05) is 19.3 Å². The van der Waals surface area contributed by atoms with Crippen LogP contribution in [0.3, 0.4) is 0 Å². The molecule has 24 heavy (non-hydrogen) atoms. The number of hydrogen-bond acceptors (Lipinski definition) is 4. The number of nitrogens with one attached hydrogen (secondary N) is 1. The van der Waals surface area contributed by atoms with E-state index >= 15 is 0 Å². The third-order valence-corrected chi connectivity index (χ3v) is 4.27. The van der Waals surface area contributed by atoms with Gasteiger partial charge in [0.2, 0.25) is 5.91 Å². The van der Waals surface area contributed by atoms with Crippen LogP contribution in [0.5, 0.6) is 0 Å². The topological polar surface area (TPSA) is 88.3 Å². The summed E-state index contributed by atoms with van der Waals surface area (Å²) in [6.45, 7) is 0.550. The minimum Gasteiger partial charge on any atom is -0.398 e. The molecule has 2 amide bonds. The molecule has 1 aliphatic heterocycles. The number of carbonyl (C=O) groups excluding carboxylic acids is 2. The molecule has 2 aromatic rings. The zero-order valence-corrected chi connectivity index (χ0v) is 13.5. The minimum atomic E-state index is -0.131. The molecule has 6 heteroatoms. The summed E-state index contributed by atoms with van der Waals surface area (Å²) in [4.78, 5) is 29.6. The van der Waals surface area contributed by atoms with E-state index in [1.165, 1.54) is 0 Å². The Balaban J connectivity index is 1.68. The molecule has 6 nitrogen and oxygen atoms in total. The summed E-state index contributed by atoms with van der Waals surface area (Å²) in [5.41, 5.74) is 8.94. The highest BCUT2D eigenvalue weighted by Gasteiger charge is 2.24. The molecular formula is C18H20N4O2. The second kappa shape index (κ2) is 6.70. The van der Waals surface area contributed by atoms with Crippen molar-refractivity contribution in [3.63, 3.8) is 0 Å². The number of hydrogen-bond donors (Lipinski definition) is 2. The maximum Gasteiger partial charge on any atom is 0.251 e. The predicted octanol–water partition coefficient (Wildman–Crippen LogP) is 1.68. The van der Waals surface area contributed by atoms with E-state index in [1.807, 2.05) is 12.1 Å². The first-order valence-corrected chi connectivity index (χ1v) is 7.89. The number of piperidine rings is 1. The largest absolute Gasteiger partial charge is 0.398 e. The zero-order valence-electron chi connectivity index (χ0n) is 13.5. The van der Waals surface area contributed by atoms with E-state index in [0.717, 1.165) is 11.1 Å². The van der Waals surface area contributed by atoms with E-state index in [4.69, 9.17) is 5.73 Å². The van der Waals surface area contributed by atoms with Crippen molar-refractivity contribution in [3.05, 3.63) is 48.3 Å². The molecule has 1 aromatic carbocycles. The first-order chi connectivity index (χ1) is 11.5. The highest BCUT2D eigenvalue weighted by atomic mass is 16.2. The summed E-state index contributed by atoms with van der Waals surface area (Å²) in [5, 5.41) is 2.99. The van der Waals surface area contributed by atoms with Crippen molar-refractivity contribution in [2.45, 2.75) is 18.9 Å². The number of rotatable bonds is 3. The summed E-state index contributed by atoms with van der Waals surface area (Å²) in [5.74, 6) is -0.00707. The molecule has 1 saturated heterocycles. The molecule has 0 bridgehead atoms. The second-order valence-electron chi connectivity index (χ2n) is 6.02. The van der Waals surface area contributed by atoms with Gasteiger partial charge in [0.25, 0.3) is 5.91 Å². The van der Waals surface area contributed by atoms with Gasteiger partial charge in [-0.05, 0) is 30.2 Å². The molecule has 0 unspecified atom stereocenters. The number of pyridine rings is 1. The summed E-state index contributed by atoms with van der Waals surface area (Å²) in [6.07, 6.45) is 4.51. The highest BCUT2D eigenvalue weighted by Crippen LogP contribution is 2.24. The fourth-order valence-electron chi connectivity index (χ4n) is 2.85. The van der Waals surface area contributed by atoms with Gasteiger partial charge >= 0.3 is 0 Å². The molecule has 1 aromatic heterocycles. The van der Waals surface area contributed by atoms with E-state index in [9.17, 15) is 9.59 Å². The lowest BCUT2D eigenvalue weighted by atomic mass is 10.0. The average Bonchev–Trinajstić information content (AvgIpc) is 2.59. The first kappa shape index (κ1) is 16.0. The van der Waals surface area contributed by atoms with Gasteiger partial charge < -0.3 is 16.0 Å². The smallest absolute Gasteiger partial charge is 0.251 e. The highest BCUT2D eigenvalue weighted by molar-refractivity contribution is 5.95. The molecule has 1 aliphatic rings. The number of nitrogen functional groups attached to an aromatic ring is 1. The zero-order chi connectivity index (χ0) is 17.1. The van der Waals surface area contributed by atoms with Crippen LogP contribution in [0.1, 0.15) is 23.2 Å². The summed E-state index contributed by atoms with van der Waals surface area (Å²) >= 11 is 0. The molecule has 0 saturated carbocycles. The SMILES string of the molecule is CN1C[C@H](NC(=O)c2ccc(-c3cnccc3N)cc2)CCC1=O. The first-order valence-electron chi connectivity index (χ1n) is 7.89. The monoisotopic (exact) mass is 324 g/mol. The van der Waals surface area contributed by atoms with E-state index in [-0.39, 0.29) is 17.9 Å². The fraction of sp³-hybridized carbons (Fsp3) is 0.278. The van der Waals surface area contributed by atoms with E-state index in [1.54, 1.807) is 42.5 Å². The van der Waals surface area contributed by atoms with Crippen LogP contribution in [0, 0.1) is 0 Å². The van der Waals surface area contributed by atoms with E-state index < -0.39 is 0 Å². The van der Waals surface area contributed by atoms with Gasteiger partial charge in [0.15, 0.2) is 0 Å². The van der Waals surface area contributed by atoms with Gasteiger partial charge in [-0.2, -0.15) is 0 Å². The van der Waals surface area contributed by atoms with Crippen LogP contribution in [0.2, 0.25) is 0 Å². The quantitative estimate of drug-likeness (QED) is 0.899. The third kappa shape index (κ3) is 3.37. The molecule has 0 aliphatic carbocycles. The summed E-state index contributed by atoms with van der Waals surface area (Å²) in [6, 6.07) is 9.01. The molecule has 1 atom stereocenters. The maximum atomic E-state index is 12.4. The second-order valence-corrected chi connectivity index (χ2v) is 6.02. The maximum absolute atomic E-state index is 12.4. The Morgan fingerprint density at radius 1 is 1.29 bits per heavy atom. The van der Waals surface area contributed by atoms with Crippen LogP contribution < -0.4 is 11.1 Å². The van der Waals surface area contributed by atoms with Crippen molar-refractivity contribution in [2.24, 2.45) is 0 Å². The van der Waals surface area contributed by atoms with Gasteiger partial charge in [0.05, 0.1) is 0 Å². The van der Waals surface area contributed by atoms with Gasteiger partial charge in [-0.25, -0.2) is 0 Å². The molecule has 124 valence electrons. The molecule has 2 heterocycles. The Labute approximate surface area is 140 Å². The normalized spacial score (nSPS) is 17.6. The van der Waals surface area contributed by atoms with E-state index in [2.05, 4.69) is 10.3 Å². The Morgan fingerprint density at radius 3 is 2.71 bits per heavy atom. The Morgan fingerprint density at radius 2 is 2.04 bits per heavy atom.